The van der Waals surface area contributed by atoms with E-state index in [4.69, 9.17) is 4.74 Å². The molecule has 3 N–H and O–H groups in total. The lowest BCUT2D eigenvalue weighted by Gasteiger charge is -2.32. The van der Waals surface area contributed by atoms with Crippen LogP contribution < -0.4 is 16.0 Å². The van der Waals surface area contributed by atoms with Gasteiger partial charge in [-0.2, -0.15) is 11.8 Å². The molecule has 3 aromatic carbocycles. The van der Waals surface area contributed by atoms with Crippen LogP contribution in [-0.2, 0) is 25.7 Å². The Morgan fingerprint density at radius 2 is 1.68 bits per heavy atom. The standard InChI is InChI=1S/C34H43N5O7S/c1-5-23(2)30(37-31(40)19-35-33(42)25-13-15-27(16-14-25)39(44)45)21-38(20-26-11-8-10-24-9-6-7-12-28(24)26)22-32(41)36-29(17-18-47-4)34(43)46-3/h6-16,23,29-30H,5,17-22H2,1-4H3,(H,35,42)(H,36,41)(H,37,40)/t23-,29-,30+/m0/s1. The number of methoxy groups -OCH3 is 1. The SMILES string of the molecule is CC[C@H](C)[C@@H](CN(CC(=O)N[C@@H](CCSC)C(=O)OC)Cc1cccc2ccccc12)NC(=O)CNC(=O)c1ccc([N+](=O)[O-])cc1. The lowest BCUT2D eigenvalue weighted by molar-refractivity contribution is -0.384. The number of benzene rings is 3. The van der Waals surface area contributed by atoms with Gasteiger partial charge in [0.25, 0.3) is 11.6 Å². The number of nitrogens with one attached hydrogen (secondary N) is 3. The second-order valence-electron chi connectivity index (χ2n) is 11.3. The minimum absolute atomic E-state index is 0.0202. The van der Waals surface area contributed by atoms with Gasteiger partial charge in [0, 0.05) is 36.8 Å². The molecule has 0 unspecified atom stereocenters. The van der Waals surface area contributed by atoms with Gasteiger partial charge in [0.15, 0.2) is 0 Å². The lowest BCUT2D eigenvalue weighted by Crippen LogP contribution is -2.52. The predicted molar refractivity (Wildman–Crippen MR) is 183 cm³/mol. The van der Waals surface area contributed by atoms with Crippen molar-refractivity contribution in [1.82, 2.24) is 20.9 Å². The third-order valence-electron chi connectivity index (χ3n) is 7.95. The van der Waals surface area contributed by atoms with E-state index in [0.717, 1.165) is 22.8 Å². The van der Waals surface area contributed by atoms with Crippen molar-refractivity contribution in [3.05, 3.63) is 88.0 Å². The number of carbonyl (C=O) groups is 4. The van der Waals surface area contributed by atoms with Crippen molar-refractivity contribution in [3.63, 3.8) is 0 Å². The maximum atomic E-state index is 13.4. The maximum absolute atomic E-state index is 13.4. The summed E-state index contributed by atoms with van der Waals surface area (Å²) in [4.78, 5) is 63.7. The average molecular weight is 666 g/mol. The molecule has 3 rings (SSSR count). The summed E-state index contributed by atoms with van der Waals surface area (Å²) in [5.41, 5.74) is 1.06. The molecule has 0 heterocycles. The molecule has 252 valence electrons. The van der Waals surface area contributed by atoms with Gasteiger partial charge in [-0.25, -0.2) is 4.79 Å². The average Bonchev–Trinajstić information content (AvgIpc) is 3.08. The zero-order valence-corrected chi connectivity index (χ0v) is 28.0. The van der Waals surface area contributed by atoms with Crippen molar-refractivity contribution in [2.75, 3.05) is 38.8 Å². The number of ether oxygens (including phenoxy) is 1. The molecule has 0 aliphatic heterocycles. The lowest BCUT2D eigenvalue weighted by atomic mass is 9.97. The maximum Gasteiger partial charge on any atom is 0.328 e. The minimum Gasteiger partial charge on any atom is -0.467 e. The molecule has 0 saturated heterocycles. The highest BCUT2D eigenvalue weighted by molar-refractivity contribution is 7.98. The van der Waals surface area contributed by atoms with Crippen molar-refractivity contribution >= 4 is 51.9 Å². The van der Waals surface area contributed by atoms with Crippen molar-refractivity contribution in [1.29, 1.82) is 0 Å². The fourth-order valence-corrected chi connectivity index (χ4v) is 5.58. The number of amides is 3. The molecule has 3 aromatic rings. The first-order valence-electron chi connectivity index (χ1n) is 15.4. The number of fused-ring (bicyclic) bond motifs is 1. The molecule has 12 nitrogen and oxygen atoms in total. The molecule has 0 fully saturated rings. The molecule has 0 aliphatic rings. The summed E-state index contributed by atoms with van der Waals surface area (Å²) in [6, 6.07) is 17.9. The van der Waals surface area contributed by atoms with Gasteiger partial charge in [0.1, 0.15) is 6.04 Å². The van der Waals surface area contributed by atoms with Crippen LogP contribution in [0.3, 0.4) is 0 Å². The van der Waals surface area contributed by atoms with Gasteiger partial charge < -0.3 is 20.7 Å². The van der Waals surface area contributed by atoms with E-state index in [2.05, 4.69) is 16.0 Å². The van der Waals surface area contributed by atoms with Gasteiger partial charge in [0.2, 0.25) is 11.8 Å². The zero-order chi connectivity index (χ0) is 34.3. The molecule has 0 spiro atoms. The summed E-state index contributed by atoms with van der Waals surface area (Å²) in [6.07, 6.45) is 3.10. The highest BCUT2D eigenvalue weighted by Gasteiger charge is 2.26. The van der Waals surface area contributed by atoms with Gasteiger partial charge in [-0.1, -0.05) is 62.7 Å². The fraction of sp³-hybridized carbons (Fsp3) is 0.412. The molecule has 0 bridgehead atoms. The van der Waals surface area contributed by atoms with Crippen molar-refractivity contribution in [2.45, 2.75) is 45.3 Å². The molecule has 0 aromatic heterocycles. The van der Waals surface area contributed by atoms with Crippen molar-refractivity contribution in [2.24, 2.45) is 5.92 Å². The van der Waals surface area contributed by atoms with E-state index >= 15 is 0 Å². The summed E-state index contributed by atoms with van der Waals surface area (Å²) >= 11 is 1.57. The van der Waals surface area contributed by atoms with Crippen LogP contribution in [-0.4, -0.2) is 84.4 Å². The molecular formula is C34H43N5O7S. The van der Waals surface area contributed by atoms with E-state index in [-0.39, 0.29) is 42.2 Å². The molecule has 0 saturated carbocycles. The van der Waals surface area contributed by atoms with Crippen LogP contribution in [0, 0.1) is 16.0 Å². The Balaban J connectivity index is 1.77. The van der Waals surface area contributed by atoms with Crippen LogP contribution in [0.4, 0.5) is 5.69 Å². The smallest absolute Gasteiger partial charge is 0.328 e. The van der Waals surface area contributed by atoms with E-state index < -0.39 is 28.7 Å². The molecule has 3 amide bonds. The Bertz CT molecular complexity index is 1530. The van der Waals surface area contributed by atoms with Crippen LogP contribution in [0.25, 0.3) is 10.8 Å². The van der Waals surface area contributed by atoms with Crippen LogP contribution in [0.1, 0.15) is 42.6 Å². The normalized spacial score (nSPS) is 13.0. The summed E-state index contributed by atoms with van der Waals surface area (Å²) in [5.74, 6) is -1.11. The Morgan fingerprint density at radius 3 is 2.34 bits per heavy atom. The minimum atomic E-state index is -0.774. The Kier molecular flexibility index (Phi) is 14.6. The van der Waals surface area contributed by atoms with Gasteiger partial charge in [-0.05, 0) is 52.8 Å². The quantitative estimate of drug-likeness (QED) is 0.104. The number of esters is 1. The van der Waals surface area contributed by atoms with Crippen molar-refractivity contribution in [3.8, 4) is 0 Å². The van der Waals surface area contributed by atoms with E-state index in [1.54, 1.807) is 11.8 Å². The third kappa shape index (κ3) is 11.4. The number of rotatable bonds is 18. The summed E-state index contributed by atoms with van der Waals surface area (Å²) < 4.78 is 4.92. The van der Waals surface area contributed by atoms with Gasteiger partial charge in [0.05, 0.1) is 25.1 Å². The number of hydrogen-bond acceptors (Lipinski definition) is 9. The van der Waals surface area contributed by atoms with Gasteiger partial charge in [-0.3, -0.25) is 29.4 Å². The van der Waals surface area contributed by atoms with Crippen molar-refractivity contribution < 1.29 is 28.8 Å². The Labute approximate surface area is 279 Å². The second kappa shape index (κ2) is 18.6. The number of nitrogens with zero attached hydrogens (tertiary/aromatic N) is 2. The van der Waals surface area contributed by atoms with E-state index in [1.807, 2.05) is 67.5 Å². The third-order valence-corrected chi connectivity index (χ3v) is 8.60. The highest BCUT2D eigenvalue weighted by atomic mass is 32.2. The van der Waals surface area contributed by atoms with Crippen LogP contribution in [0.5, 0.6) is 0 Å². The zero-order valence-electron chi connectivity index (χ0n) is 27.2. The molecule has 13 heteroatoms. The number of nitro benzene ring substituents is 1. The van der Waals surface area contributed by atoms with E-state index in [1.165, 1.54) is 31.4 Å². The number of hydrogen-bond donors (Lipinski definition) is 3. The number of non-ortho nitro benzene ring substituents is 1. The monoisotopic (exact) mass is 665 g/mol. The summed E-state index contributed by atoms with van der Waals surface area (Å²) in [6.45, 7) is 4.41. The van der Waals surface area contributed by atoms with Crippen LogP contribution in [0.15, 0.2) is 66.7 Å². The van der Waals surface area contributed by atoms with Crippen LogP contribution in [0.2, 0.25) is 0 Å². The fourth-order valence-electron chi connectivity index (χ4n) is 5.11. The first-order chi connectivity index (χ1) is 22.6. The predicted octanol–water partition coefficient (Wildman–Crippen LogP) is 3.92. The van der Waals surface area contributed by atoms with Gasteiger partial charge in [-0.15, -0.1) is 0 Å². The van der Waals surface area contributed by atoms with E-state index in [0.29, 0.717) is 25.3 Å². The van der Waals surface area contributed by atoms with Gasteiger partial charge >= 0.3 is 5.97 Å². The summed E-state index contributed by atoms with van der Waals surface area (Å²) in [7, 11) is 1.29. The van der Waals surface area contributed by atoms with E-state index in [9.17, 15) is 29.3 Å². The molecule has 47 heavy (non-hydrogen) atoms. The second-order valence-corrected chi connectivity index (χ2v) is 12.3. The largest absolute Gasteiger partial charge is 0.467 e. The number of carbonyl (C=O) groups excluding carboxylic acids is 4. The molecule has 0 aliphatic carbocycles. The molecule has 0 radical (unpaired) electrons. The molecular weight excluding hydrogens is 622 g/mol. The number of thioether (sulfide) groups is 1. The Hall–Kier alpha value is -4.49. The Morgan fingerprint density at radius 1 is 0.979 bits per heavy atom. The van der Waals surface area contributed by atoms with Crippen LogP contribution >= 0.6 is 11.8 Å². The highest BCUT2D eigenvalue weighted by Crippen LogP contribution is 2.21. The number of nitro groups is 1. The first-order valence-corrected chi connectivity index (χ1v) is 16.8. The topological polar surface area (TPSA) is 160 Å². The molecule has 3 atom stereocenters. The summed E-state index contributed by atoms with van der Waals surface area (Å²) in [5, 5.41) is 21.4. The first kappa shape index (κ1) is 37.0.